The summed E-state index contributed by atoms with van der Waals surface area (Å²) in [6.45, 7) is 3.39. The maximum atomic E-state index is 12.1. The molecule has 11 heteroatoms. The first kappa shape index (κ1) is 23.1. The molecule has 0 saturated carbocycles. The summed E-state index contributed by atoms with van der Waals surface area (Å²) < 4.78 is 24.4. The SMILES string of the molecule is Cc1nccn1CCN(C)C(=O)NCCc1ccc(S(N)(=O)=O)cc1.O=CO. The first-order valence-corrected chi connectivity index (χ1v) is 9.90. The van der Waals surface area contributed by atoms with E-state index in [0.29, 0.717) is 26.1 Å². The fraction of sp³-hybridized carbons (Fsp3) is 0.353. The highest BCUT2D eigenvalue weighted by molar-refractivity contribution is 7.89. The maximum absolute atomic E-state index is 12.1. The molecule has 1 aromatic heterocycles. The van der Waals surface area contributed by atoms with Crippen molar-refractivity contribution in [3.63, 3.8) is 0 Å². The molecular formula is C17H25N5O5S. The van der Waals surface area contributed by atoms with E-state index in [9.17, 15) is 13.2 Å². The van der Waals surface area contributed by atoms with Gasteiger partial charge in [-0.25, -0.2) is 23.3 Å². The van der Waals surface area contributed by atoms with Crippen LogP contribution in [0.25, 0.3) is 0 Å². The zero-order valence-electron chi connectivity index (χ0n) is 15.8. The van der Waals surface area contributed by atoms with Crippen molar-refractivity contribution in [3.8, 4) is 0 Å². The van der Waals surface area contributed by atoms with Crippen LogP contribution >= 0.6 is 0 Å². The van der Waals surface area contributed by atoms with E-state index in [1.54, 1.807) is 30.3 Å². The van der Waals surface area contributed by atoms with Gasteiger partial charge in [-0.2, -0.15) is 0 Å². The lowest BCUT2D eigenvalue weighted by molar-refractivity contribution is -0.122. The summed E-state index contributed by atoms with van der Waals surface area (Å²) in [6.07, 6.45) is 4.22. The first-order chi connectivity index (χ1) is 13.2. The summed E-state index contributed by atoms with van der Waals surface area (Å²) in [7, 11) is -1.94. The molecule has 4 N–H and O–H groups in total. The third kappa shape index (κ3) is 7.76. The van der Waals surface area contributed by atoms with Crippen molar-refractivity contribution in [2.24, 2.45) is 5.14 Å². The Bertz CT molecular complexity index is 864. The molecule has 0 radical (unpaired) electrons. The summed E-state index contributed by atoms with van der Waals surface area (Å²) in [6, 6.07) is 6.16. The molecule has 154 valence electrons. The van der Waals surface area contributed by atoms with Gasteiger partial charge in [-0.15, -0.1) is 0 Å². The third-order valence-electron chi connectivity index (χ3n) is 3.89. The minimum Gasteiger partial charge on any atom is -0.483 e. The van der Waals surface area contributed by atoms with E-state index >= 15 is 0 Å². The lowest BCUT2D eigenvalue weighted by Gasteiger charge is -2.18. The van der Waals surface area contributed by atoms with Crippen LogP contribution in [-0.2, 0) is 27.8 Å². The van der Waals surface area contributed by atoms with Gasteiger partial charge in [-0.1, -0.05) is 12.1 Å². The summed E-state index contributed by atoms with van der Waals surface area (Å²) in [5.74, 6) is 0.914. The standard InChI is InChI=1S/C16H23N5O3S.CH2O2/c1-13-18-9-10-21(13)12-11-20(2)16(22)19-8-7-14-3-5-15(6-4-14)25(17,23)24;2-1-3/h3-6,9-10H,7-8,11-12H2,1-2H3,(H,19,22)(H2,17,23,24);1H,(H,2,3). The summed E-state index contributed by atoms with van der Waals surface area (Å²) in [4.78, 5) is 26.3. The van der Waals surface area contributed by atoms with E-state index in [4.69, 9.17) is 15.0 Å². The van der Waals surface area contributed by atoms with Gasteiger partial charge < -0.3 is 19.9 Å². The molecule has 2 amide bonds. The number of urea groups is 1. The van der Waals surface area contributed by atoms with Crippen LogP contribution in [0.3, 0.4) is 0 Å². The predicted octanol–water partition coefficient (Wildman–Crippen LogP) is 0.424. The molecule has 0 atom stereocenters. The molecule has 1 heterocycles. The minimum absolute atomic E-state index is 0.0785. The minimum atomic E-state index is -3.68. The molecule has 0 aliphatic carbocycles. The molecule has 0 spiro atoms. The number of likely N-dealkylation sites (N-methyl/N-ethyl adjacent to an activating group) is 1. The number of nitrogens with zero attached hydrogens (tertiary/aromatic N) is 3. The van der Waals surface area contributed by atoms with Gasteiger partial charge in [-0.3, -0.25) is 4.79 Å². The number of primary sulfonamides is 1. The Balaban J connectivity index is 0.00000122. The highest BCUT2D eigenvalue weighted by Crippen LogP contribution is 2.09. The average molecular weight is 411 g/mol. The number of sulfonamides is 1. The molecule has 28 heavy (non-hydrogen) atoms. The zero-order chi connectivity index (χ0) is 21.2. The van der Waals surface area contributed by atoms with Crippen LogP contribution in [0.15, 0.2) is 41.6 Å². The van der Waals surface area contributed by atoms with Crippen LogP contribution in [0, 0.1) is 6.92 Å². The monoisotopic (exact) mass is 411 g/mol. The number of nitrogens with one attached hydrogen (secondary N) is 1. The number of carbonyl (C=O) groups excluding carboxylic acids is 1. The van der Waals surface area contributed by atoms with Crippen LogP contribution in [0.5, 0.6) is 0 Å². The van der Waals surface area contributed by atoms with Gasteiger partial charge in [-0.05, 0) is 31.0 Å². The number of benzene rings is 1. The zero-order valence-corrected chi connectivity index (χ0v) is 16.6. The predicted molar refractivity (Wildman–Crippen MR) is 103 cm³/mol. The second kappa shape index (κ2) is 11.0. The van der Waals surface area contributed by atoms with Crippen molar-refractivity contribution in [2.75, 3.05) is 20.1 Å². The highest BCUT2D eigenvalue weighted by Gasteiger charge is 2.09. The van der Waals surface area contributed by atoms with Crippen LogP contribution < -0.4 is 10.5 Å². The molecule has 2 rings (SSSR count). The Morgan fingerprint density at radius 1 is 1.36 bits per heavy atom. The van der Waals surface area contributed by atoms with Crippen molar-refractivity contribution in [3.05, 3.63) is 48.0 Å². The van der Waals surface area contributed by atoms with Crippen molar-refractivity contribution >= 4 is 22.5 Å². The number of aromatic nitrogens is 2. The van der Waals surface area contributed by atoms with Gasteiger partial charge in [0.2, 0.25) is 10.0 Å². The van der Waals surface area contributed by atoms with Crippen LogP contribution in [0.1, 0.15) is 11.4 Å². The number of carboxylic acid groups (broad SMARTS) is 1. The molecule has 2 aromatic rings. The molecular weight excluding hydrogens is 386 g/mol. The van der Waals surface area contributed by atoms with Crippen LogP contribution in [0.4, 0.5) is 4.79 Å². The van der Waals surface area contributed by atoms with E-state index in [-0.39, 0.29) is 17.4 Å². The quantitative estimate of drug-likeness (QED) is 0.563. The van der Waals surface area contributed by atoms with Gasteiger partial charge >= 0.3 is 6.03 Å². The maximum Gasteiger partial charge on any atom is 0.317 e. The Morgan fingerprint density at radius 3 is 2.46 bits per heavy atom. The fourth-order valence-corrected chi connectivity index (χ4v) is 2.81. The van der Waals surface area contributed by atoms with Crippen LogP contribution in [-0.4, -0.2) is 60.6 Å². The summed E-state index contributed by atoms with van der Waals surface area (Å²) in [5, 5.41) is 14.8. The van der Waals surface area contributed by atoms with E-state index < -0.39 is 10.0 Å². The average Bonchev–Trinajstić information content (AvgIpc) is 3.05. The number of amides is 2. The molecule has 1 aromatic carbocycles. The van der Waals surface area contributed by atoms with Crippen molar-refractivity contribution in [1.29, 1.82) is 0 Å². The lowest BCUT2D eigenvalue weighted by atomic mass is 10.1. The third-order valence-corrected chi connectivity index (χ3v) is 4.82. The molecule has 10 nitrogen and oxygen atoms in total. The van der Waals surface area contributed by atoms with Gasteiger partial charge in [0.05, 0.1) is 4.90 Å². The number of hydrogen-bond acceptors (Lipinski definition) is 5. The number of aryl methyl sites for hydroxylation is 1. The Morgan fingerprint density at radius 2 is 1.96 bits per heavy atom. The Kier molecular flexibility index (Phi) is 9.12. The highest BCUT2D eigenvalue weighted by atomic mass is 32.2. The van der Waals surface area contributed by atoms with Gasteiger partial charge in [0.1, 0.15) is 5.82 Å². The Hall–Kier alpha value is -2.92. The molecule has 0 aliphatic heterocycles. The van der Waals surface area contributed by atoms with E-state index in [1.807, 2.05) is 17.7 Å². The van der Waals surface area contributed by atoms with Crippen LogP contribution in [0.2, 0.25) is 0 Å². The number of imidazole rings is 1. The van der Waals surface area contributed by atoms with Crippen molar-refractivity contribution < 1.29 is 23.1 Å². The summed E-state index contributed by atoms with van der Waals surface area (Å²) >= 11 is 0. The smallest absolute Gasteiger partial charge is 0.317 e. The molecule has 0 saturated heterocycles. The second-order valence-corrected chi connectivity index (χ2v) is 7.43. The molecule has 0 fully saturated rings. The molecule has 0 unspecified atom stereocenters. The largest absolute Gasteiger partial charge is 0.483 e. The van der Waals surface area contributed by atoms with Gasteiger partial charge in [0.25, 0.3) is 6.47 Å². The number of rotatable bonds is 7. The number of carbonyl (C=O) groups is 2. The molecule has 0 bridgehead atoms. The van der Waals surface area contributed by atoms with Gasteiger partial charge in [0, 0.05) is 39.1 Å². The van der Waals surface area contributed by atoms with E-state index in [2.05, 4.69) is 10.3 Å². The number of nitrogens with two attached hydrogens (primary N) is 1. The summed E-state index contributed by atoms with van der Waals surface area (Å²) in [5.41, 5.74) is 0.921. The Labute approximate surface area is 164 Å². The normalized spacial score (nSPS) is 10.5. The second-order valence-electron chi connectivity index (χ2n) is 5.87. The van der Waals surface area contributed by atoms with Crippen molar-refractivity contribution in [1.82, 2.24) is 19.8 Å². The molecule has 0 aliphatic rings. The first-order valence-electron chi connectivity index (χ1n) is 8.35. The van der Waals surface area contributed by atoms with E-state index in [0.717, 1.165) is 11.4 Å². The fourth-order valence-electron chi connectivity index (χ4n) is 2.29. The van der Waals surface area contributed by atoms with E-state index in [1.165, 1.54) is 12.1 Å². The number of hydrogen-bond donors (Lipinski definition) is 3. The van der Waals surface area contributed by atoms with Gasteiger partial charge in [0.15, 0.2) is 0 Å². The topological polar surface area (TPSA) is 148 Å². The lowest BCUT2D eigenvalue weighted by Crippen LogP contribution is -2.39. The van der Waals surface area contributed by atoms with Crippen molar-refractivity contribution in [2.45, 2.75) is 24.8 Å².